The van der Waals surface area contributed by atoms with Gasteiger partial charge < -0.3 is 10.1 Å². The topological polar surface area (TPSA) is 112 Å². The van der Waals surface area contributed by atoms with E-state index in [1.54, 1.807) is 31.2 Å². The zero-order chi connectivity index (χ0) is 19.4. The molecule has 1 unspecified atom stereocenters. The Labute approximate surface area is 156 Å². The van der Waals surface area contributed by atoms with Gasteiger partial charge in [0.25, 0.3) is 5.91 Å². The summed E-state index contributed by atoms with van der Waals surface area (Å²) in [5.41, 5.74) is -0.307. The first-order valence-electron chi connectivity index (χ1n) is 8.78. The van der Waals surface area contributed by atoms with Gasteiger partial charge in [-0.25, -0.2) is 9.80 Å². The molecule has 0 aromatic heterocycles. The van der Waals surface area contributed by atoms with Crippen molar-refractivity contribution >= 4 is 29.2 Å². The molecule has 1 heterocycles. The van der Waals surface area contributed by atoms with Crippen molar-refractivity contribution in [3.05, 3.63) is 30.3 Å². The highest BCUT2D eigenvalue weighted by molar-refractivity contribution is 6.38. The Morgan fingerprint density at radius 2 is 2.04 bits per heavy atom. The van der Waals surface area contributed by atoms with Gasteiger partial charge in [-0.1, -0.05) is 18.2 Å². The minimum absolute atomic E-state index is 0.0801. The minimum Gasteiger partial charge on any atom is -0.451 e. The number of benzene rings is 1. The fourth-order valence-corrected chi connectivity index (χ4v) is 2.89. The number of hydrazone groups is 1. The monoisotopic (exact) mass is 368 g/mol. The first-order chi connectivity index (χ1) is 12.9. The van der Waals surface area contributed by atoms with E-state index in [1.807, 2.05) is 6.07 Å². The van der Waals surface area contributed by atoms with Gasteiger partial charge in [0.05, 0.1) is 11.8 Å². The summed E-state index contributed by atoms with van der Waals surface area (Å²) in [4.78, 5) is 36.3. The van der Waals surface area contributed by atoms with Crippen LogP contribution in [0.15, 0.2) is 35.4 Å². The average molecular weight is 368 g/mol. The quantitative estimate of drug-likeness (QED) is 0.765. The maximum absolute atomic E-state index is 12.2. The number of nitrogens with one attached hydrogen (secondary N) is 1. The molecule has 1 fully saturated rings. The van der Waals surface area contributed by atoms with Crippen molar-refractivity contribution in [1.29, 1.82) is 5.26 Å². The summed E-state index contributed by atoms with van der Waals surface area (Å²) in [6.45, 7) is 1.17. The van der Waals surface area contributed by atoms with E-state index in [1.165, 1.54) is 5.01 Å². The second-order valence-corrected chi connectivity index (χ2v) is 6.80. The van der Waals surface area contributed by atoms with Crippen LogP contribution in [-0.4, -0.2) is 35.6 Å². The van der Waals surface area contributed by atoms with Gasteiger partial charge in [0.15, 0.2) is 6.61 Å². The van der Waals surface area contributed by atoms with Crippen LogP contribution in [0, 0.1) is 17.2 Å². The third-order valence-corrected chi connectivity index (χ3v) is 4.63. The average Bonchev–Trinajstić information content (AvgIpc) is 3.53. The van der Waals surface area contributed by atoms with Crippen LogP contribution in [0.4, 0.5) is 5.69 Å². The second-order valence-electron chi connectivity index (χ2n) is 6.80. The van der Waals surface area contributed by atoms with E-state index >= 15 is 0 Å². The van der Waals surface area contributed by atoms with Gasteiger partial charge in [0, 0.05) is 12.8 Å². The number of carbonyl (C=O) groups excluding carboxylic acids is 3. The number of carbonyl (C=O) groups is 3. The maximum Gasteiger partial charge on any atom is 0.355 e. The Morgan fingerprint density at radius 3 is 2.67 bits per heavy atom. The molecule has 1 aromatic carbocycles. The summed E-state index contributed by atoms with van der Waals surface area (Å²) >= 11 is 0. The number of nitrogens with zero attached hydrogens (tertiary/aromatic N) is 3. The lowest BCUT2D eigenvalue weighted by molar-refractivity contribution is -0.142. The minimum atomic E-state index is -0.942. The number of esters is 1. The molecule has 1 aromatic rings. The van der Waals surface area contributed by atoms with Crippen LogP contribution in [0.5, 0.6) is 0 Å². The van der Waals surface area contributed by atoms with Crippen molar-refractivity contribution < 1.29 is 19.1 Å². The van der Waals surface area contributed by atoms with Crippen molar-refractivity contribution in [2.24, 2.45) is 11.0 Å². The fourth-order valence-electron chi connectivity index (χ4n) is 2.89. The molecule has 3 rings (SSSR count). The molecule has 0 bridgehead atoms. The number of para-hydroxylation sites is 1. The van der Waals surface area contributed by atoms with Crippen molar-refractivity contribution in [2.75, 3.05) is 11.6 Å². The molecule has 1 saturated carbocycles. The van der Waals surface area contributed by atoms with E-state index in [-0.39, 0.29) is 30.4 Å². The van der Waals surface area contributed by atoms with E-state index in [9.17, 15) is 19.6 Å². The van der Waals surface area contributed by atoms with Crippen LogP contribution in [0.25, 0.3) is 0 Å². The van der Waals surface area contributed by atoms with Crippen molar-refractivity contribution in [3.63, 3.8) is 0 Å². The van der Waals surface area contributed by atoms with E-state index in [2.05, 4.69) is 16.5 Å². The first-order valence-corrected chi connectivity index (χ1v) is 8.78. The maximum atomic E-state index is 12.2. The summed E-state index contributed by atoms with van der Waals surface area (Å²) < 4.78 is 5.02. The van der Waals surface area contributed by atoms with Crippen LogP contribution >= 0.6 is 0 Å². The van der Waals surface area contributed by atoms with Crippen molar-refractivity contribution in [2.45, 2.75) is 38.1 Å². The van der Waals surface area contributed by atoms with E-state index in [0.717, 1.165) is 12.8 Å². The first kappa shape index (κ1) is 18.6. The number of amides is 2. The third-order valence-electron chi connectivity index (χ3n) is 4.63. The molecule has 2 aliphatic rings. The van der Waals surface area contributed by atoms with Crippen LogP contribution < -0.4 is 10.3 Å². The zero-order valence-electron chi connectivity index (χ0n) is 15.0. The van der Waals surface area contributed by atoms with E-state index in [0.29, 0.717) is 5.69 Å². The fraction of sp³-hybridized carbons (Fsp3) is 0.421. The van der Waals surface area contributed by atoms with E-state index in [4.69, 9.17) is 4.74 Å². The third kappa shape index (κ3) is 4.31. The molecule has 1 atom stereocenters. The van der Waals surface area contributed by atoms with Gasteiger partial charge in [0.2, 0.25) is 5.91 Å². The van der Waals surface area contributed by atoms with Gasteiger partial charge in [-0.2, -0.15) is 10.4 Å². The molecule has 0 saturated heterocycles. The zero-order valence-corrected chi connectivity index (χ0v) is 15.0. The Morgan fingerprint density at radius 1 is 1.33 bits per heavy atom. The molecule has 1 aliphatic carbocycles. The van der Waals surface area contributed by atoms with Gasteiger partial charge in [-0.3, -0.25) is 9.59 Å². The lowest BCUT2D eigenvalue weighted by Gasteiger charge is -2.24. The smallest absolute Gasteiger partial charge is 0.355 e. The lowest BCUT2D eigenvalue weighted by Crippen LogP contribution is -2.48. The largest absolute Gasteiger partial charge is 0.451 e. The predicted molar refractivity (Wildman–Crippen MR) is 96.4 cm³/mol. The van der Waals surface area contributed by atoms with Crippen molar-refractivity contribution in [1.82, 2.24) is 5.32 Å². The number of rotatable bonds is 6. The Balaban J connectivity index is 1.59. The summed E-state index contributed by atoms with van der Waals surface area (Å²) in [7, 11) is 0. The molecule has 0 spiro atoms. The molecular weight excluding hydrogens is 348 g/mol. The molecule has 1 N–H and O–H groups in total. The van der Waals surface area contributed by atoms with Crippen LogP contribution in [0.2, 0.25) is 0 Å². The van der Waals surface area contributed by atoms with Gasteiger partial charge in [0.1, 0.15) is 11.3 Å². The molecule has 27 heavy (non-hydrogen) atoms. The highest BCUT2D eigenvalue weighted by Gasteiger charge is 2.43. The Kier molecular flexibility index (Phi) is 5.21. The molecular formula is C19H20N4O4. The standard InChI is InChI=1S/C19H20N4O4/c1-19(12-20,13-7-8-13)21-16(24)11-27-18(26)15-9-10-17(25)23(22-15)14-5-3-2-4-6-14/h2-6,13H,7-11H2,1H3,(H,21,24). The second kappa shape index (κ2) is 7.58. The molecule has 2 amide bonds. The van der Waals surface area contributed by atoms with Crippen LogP contribution in [0.1, 0.15) is 32.6 Å². The lowest BCUT2D eigenvalue weighted by atomic mass is 9.98. The number of hydrogen-bond acceptors (Lipinski definition) is 6. The predicted octanol–water partition coefficient (Wildman–Crippen LogP) is 1.52. The molecule has 0 radical (unpaired) electrons. The normalized spacial score (nSPS) is 18.7. The summed E-state index contributed by atoms with van der Waals surface area (Å²) in [6, 6.07) is 10.9. The number of ether oxygens (including phenoxy) is 1. The number of nitriles is 1. The Hall–Kier alpha value is -3.21. The number of hydrogen-bond donors (Lipinski definition) is 1. The highest BCUT2D eigenvalue weighted by Crippen LogP contribution is 2.39. The van der Waals surface area contributed by atoms with E-state index < -0.39 is 24.0 Å². The number of anilines is 1. The van der Waals surface area contributed by atoms with Crippen LogP contribution in [-0.2, 0) is 19.1 Å². The van der Waals surface area contributed by atoms with Crippen LogP contribution in [0.3, 0.4) is 0 Å². The molecule has 1 aliphatic heterocycles. The van der Waals surface area contributed by atoms with Gasteiger partial charge in [-0.05, 0) is 37.8 Å². The molecule has 8 nitrogen and oxygen atoms in total. The molecule has 8 heteroatoms. The molecule has 140 valence electrons. The van der Waals surface area contributed by atoms with Gasteiger partial charge >= 0.3 is 5.97 Å². The SMILES string of the molecule is CC(C#N)(NC(=O)COC(=O)C1=NN(c2ccccc2)C(=O)CC1)C1CC1. The summed E-state index contributed by atoms with van der Waals surface area (Å²) in [6.07, 6.45) is 2.07. The Bertz CT molecular complexity index is 826. The summed E-state index contributed by atoms with van der Waals surface area (Å²) in [5, 5.41) is 17.1. The highest BCUT2D eigenvalue weighted by atomic mass is 16.5. The summed E-state index contributed by atoms with van der Waals surface area (Å²) in [5.74, 6) is -1.37. The van der Waals surface area contributed by atoms with Crippen molar-refractivity contribution in [3.8, 4) is 6.07 Å². The van der Waals surface area contributed by atoms with Gasteiger partial charge in [-0.15, -0.1) is 0 Å².